The number of nitrogens with two attached hydrogens (primary N) is 1. The summed E-state index contributed by atoms with van der Waals surface area (Å²) in [7, 11) is 1.62. The molecule has 0 aromatic carbocycles. The Morgan fingerprint density at radius 3 is 3.10 bits per heavy atom. The van der Waals surface area contributed by atoms with E-state index in [2.05, 4.69) is 20.6 Å². The predicted molar refractivity (Wildman–Crippen MR) is 79.1 cm³/mol. The number of carbonyl (C=O) groups excluding carboxylic acids is 1. The van der Waals surface area contributed by atoms with E-state index in [-0.39, 0.29) is 11.7 Å². The summed E-state index contributed by atoms with van der Waals surface area (Å²) in [6, 6.07) is 3.49. The van der Waals surface area contributed by atoms with Crippen molar-refractivity contribution >= 4 is 33.9 Å². The van der Waals surface area contributed by atoms with E-state index in [0.29, 0.717) is 28.8 Å². The molecule has 4 N–H and O–H groups in total. The van der Waals surface area contributed by atoms with Crippen LogP contribution in [-0.4, -0.2) is 36.1 Å². The number of amides is 1. The third-order valence-corrected chi connectivity index (χ3v) is 3.39. The predicted octanol–water partition coefficient (Wildman–Crippen LogP) is 1.43. The topological polar surface area (TPSA) is 102 Å². The van der Waals surface area contributed by atoms with Gasteiger partial charge in [-0.15, -0.1) is 0 Å². The number of hydrogen-bond acceptors (Lipinski definition) is 7. The third-order valence-electron chi connectivity index (χ3n) is 2.36. The summed E-state index contributed by atoms with van der Waals surface area (Å²) in [5.41, 5.74) is 6.36. The Kier molecular flexibility index (Phi) is 4.85. The minimum absolute atomic E-state index is 0.205. The first kappa shape index (κ1) is 14.2. The zero-order chi connectivity index (χ0) is 14.4. The van der Waals surface area contributed by atoms with E-state index in [4.69, 9.17) is 10.5 Å². The minimum Gasteiger partial charge on any atom is -0.383 e. The van der Waals surface area contributed by atoms with E-state index in [1.165, 1.54) is 11.3 Å². The van der Waals surface area contributed by atoms with Crippen molar-refractivity contribution in [1.82, 2.24) is 9.97 Å². The van der Waals surface area contributed by atoms with Crippen LogP contribution < -0.4 is 16.4 Å². The number of carbonyl (C=O) groups is 1. The zero-order valence-electron chi connectivity index (χ0n) is 10.9. The lowest BCUT2D eigenvalue weighted by atomic mass is 10.4. The van der Waals surface area contributed by atoms with Crippen LogP contribution in [0.3, 0.4) is 0 Å². The highest BCUT2D eigenvalue weighted by molar-refractivity contribution is 7.18. The molecule has 0 atom stereocenters. The van der Waals surface area contributed by atoms with Gasteiger partial charge in [0.2, 0.25) is 0 Å². The van der Waals surface area contributed by atoms with Crippen molar-refractivity contribution in [3.8, 4) is 0 Å². The summed E-state index contributed by atoms with van der Waals surface area (Å²) in [6.07, 6.45) is 3.20. The molecule has 0 fully saturated rings. The Morgan fingerprint density at radius 2 is 2.40 bits per heavy atom. The van der Waals surface area contributed by atoms with Crippen LogP contribution >= 0.6 is 11.3 Å². The fourth-order valence-corrected chi connectivity index (χ4v) is 2.26. The highest BCUT2D eigenvalue weighted by atomic mass is 32.1. The number of pyridine rings is 1. The maximum absolute atomic E-state index is 12.1. The normalized spacial score (nSPS) is 10.2. The van der Waals surface area contributed by atoms with Crippen molar-refractivity contribution in [2.24, 2.45) is 0 Å². The highest BCUT2D eigenvalue weighted by Gasteiger charge is 2.16. The second kappa shape index (κ2) is 6.83. The van der Waals surface area contributed by atoms with Crippen LogP contribution in [0, 0.1) is 0 Å². The summed E-state index contributed by atoms with van der Waals surface area (Å²) in [4.78, 5) is 20.5. The van der Waals surface area contributed by atoms with Crippen molar-refractivity contribution < 1.29 is 9.53 Å². The number of nitrogen functional groups attached to an aromatic ring is 1. The van der Waals surface area contributed by atoms with E-state index < -0.39 is 0 Å². The van der Waals surface area contributed by atoms with Gasteiger partial charge in [-0.1, -0.05) is 11.3 Å². The van der Waals surface area contributed by atoms with Gasteiger partial charge >= 0.3 is 0 Å². The molecule has 7 nitrogen and oxygen atoms in total. The zero-order valence-corrected chi connectivity index (χ0v) is 11.7. The van der Waals surface area contributed by atoms with E-state index in [9.17, 15) is 4.79 Å². The average Bonchev–Trinajstić information content (AvgIpc) is 2.81. The number of methoxy groups -OCH3 is 1. The molecule has 106 valence electrons. The maximum atomic E-state index is 12.1. The van der Waals surface area contributed by atoms with Gasteiger partial charge in [0.25, 0.3) is 5.91 Å². The summed E-state index contributed by atoms with van der Waals surface area (Å²) >= 11 is 1.20. The van der Waals surface area contributed by atoms with Crippen LogP contribution in [0.15, 0.2) is 24.5 Å². The van der Waals surface area contributed by atoms with E-state index in [1.54, 1.807) is 31.6 Å². The van der Waals surface area contributed by atoms with Crippen LogP contribution in [0.2, 0.25) is 0 Å². The number of nitrogens with zero attached hydrogens (tertiary/aromatic N) is 2. The number of thiazole rings is 1. The van der Waals surface area contributed by atoms with Crippen molar-refractivity contribution in [3.63, 3.8) is 0 Å². The first-order valence-electron chi connectivity index (χ1n) is 5.91. The van der Waals surface area contributed by atoms with Crippen LogP contribution in [0.25, 0.3) is 0 Å². The first-order valence-corrected chi connectivity index (χ1v) is 6.73. The van der Waals surface area contributed by atoms with Gasteiger partial charge in [0, 0.05) is 19.9 Å². The van der Waals surface area contributed by atoms with E-state index >= 15 is 0 Å². The van der Waals surface area contributed by atoms with Gasteiger partial charge in [-0.2, -0.15) is 0 Å². The largest absolute Gasteiger partial charge is 0.383 e. The summed E-state index contributed by atoms with van der Waals surface area (Å²) in [6.45, 7) is 1.16. The Labute approximate surface area is 120 Å². The number of nitrogens with one attached hydrogen (secondary N) is 2. The quantitative estimate of drug-likeness (QED) is 0.696. The Hall–Kier alpha value is -2.19. The Bertz CT molecular complexity index is 572. The number of hydrogen-bond donors (Lipinski definition) is 3. The molecule has 0 saturated carbocycles. The Morgan fingerprint density at radius 1 is 1.55 bits per heavy atom. The van der Waals surface area contributed by atoms with Gasteiger partial charge in [-0.25, -0.2) is 4.98 Å². The second-order valence-electron chi connectivity index (χ2n) is 3.85. The van der Waals surface area contributed by atoms with E-state index in [0.717, 1.165) is 0 Å². The fourth-order valence-electron chi connectivity index (χ4n) is 1.45. The molecule has 0 unspecified atom stereocenters. The number of rotatable bonds is 6. The molecular formula is C12H15N5O2S. The molecule has 8 heteroatoms. The van der Waals surface area contributed by atoms with Crippen molar-refractivity contribution in [2.45, 2.75) is 0 Å². The average molecular weight is 293 g/mol. The van der Waals surface area contributed by atoms with E-state index in [1.807, 2.05) is 0 Å². The maximum Gasteiger partial charge on any atom is 0.269 e. The standard InChI is InChI=1S/C12H15N5O2S/c1-19-6-5-15-12-17-10(13)9(20-12)11(18)16-8-3-2-4-14-7-8/h2-4,7H,5-6,13H2,1H3,(H,15,17)(H,16,18). The van der Waals surface area contributed by atoms with Crippen LogP contribution in [0.1, 0.15) is 9.67 Å². The van der Waals surface area contributed by atoms with Gasteiger partial charge < -0.3 is 21.1 Å². The molecule has 1 amide bonds. The minimum atomic E-state index is -0.298. The number of aromatic nitrogens is 2. The molecule has 0 radical (unpaired) electrons. The highest BCUT2D eigenvalue weighted by Crippen LogP contribution is 2.25. The van der Waals surface area contributed by atoms with Crippen molar-refractivity contribution in [2.75, 3.05) is 36.6 Å². The number of ether oxygens (including phenoxy) is 1. The molecule has 2 rings (SSSR count). The molecule has 0 spiro atoms. The molecule has 0 bridgehead atoms. The lowest BCUT2D eigenvalue weighted by Gasteiger charge is -2.02. The molecular weight excluding hydrogens is 278 g/mol. The van der Waals surface area contributed by atoms with Crippen LogP contribution in [0.4, 0.5) is 16.6 Å². The second-order valence-corrected chi connectivity index (χ2v) is 4.85. The molecule has 0 aliphatic heterocycles. The first-order chi connectivity index (χ1) is 9.70. The van der Waals surface area contributed by atoms with Gasteiger partial charge in [-0.05, 0) is 12.1 Å². The lowest BCUT2D eigenvalue weighted by Crippen LogP contribution is -2.12. The van der Waals surface area contributed by atoms with Crippen LogP contribution in [0.5, 0.6) is 0 Å². The monoisotopic (exact) mass is 293 g/mol. The molecule has 20 heavy (non-hydrogen) atoms. The smallest absolute Gasteiger partial charge is 0.269 e. The van der Waals surface area contributed by atoms with Gasteiger partial charge in [0.1, 0.15) is 10.7 Å². The summed E-state index contributed by atoms with van der Waals surface area (Å²) in [5, 5.41) is 6.35. The molecule has 0 aliphatic carbocycles. The van der Waals surface area contributed by atoms with Crippen molar-refractivity contribution in [1.29, 1.82) is 0 Å². The SMILES string of the molecule is COCCNc1nc(N)c(C(=O)Nc2cccnc2)s1. The molecule has 0 aliphatic rings. The fraction of sp³-hybridized carbons (Fsp3) is 0.250. The molecule has 2 aromatic rings. The van der Waals surface area contributed by atoms with Gasteiger partial charge in [0.05, 0.1) is 18.5 Å². The number of anilines is 3. The van der Waals surface area contributed by atoms with Crippen LogP contribution in [-0.2, 0) is 4.74 Å². The lowest BCUT2D eigenvalue weighted by molar-refractivity contribution is 0.103. The van der Waals surface area contributed by atoms with Gasteiger partial charge in [-0.3, -0.25) is 9.78 Å². The molecule has 2 aromatic heterocycles. The van der Waals surface area contributed by atoms with Crippen molar-refractivity contribution in [3.05, 3.63) is 29.4 Å². The molecule has 2 heterocycles. The van der Waals surface area contributed by atoms with Gasteiger partial charge in [0.15, 0.2) is 5.13 Å². The summed E-state index contributed by atoms with van der Waals surface area (Å²) in [5.74, 6) is -0.0934. The third kappa shape index (κ3) is 3.65. The summed E-state index contributed by atoms with van der Waals surface area (Å²) < 4.78 is 4.92. The molecule has 0 saturated heterocycles. The Balaban J connectivity index is 2.02.